The van der Waals surface area contributed by atoms with Crippen molar-refractivity contribution < 1.29 is 20.4 Å². The van der Waals surface area contributed by atoms with Crippen LogP contribution in [0.15, 0.2) is 67.7 Å². The van der Waals surface area contributed by atoms with Crippen LogP contribution in [0, 0.1) is 7.14 Å². The number of hydrogen-bond acceptors (Lipinski definition) is 14. The topological polar surface area (TPSA) is 235 Å². The molecule has 338 valence electrons. The fraction of sp³-hybridized carbons (Fsp3) is 0.463. The molecule has 6 heterocycles. The third-order valence-corrected chi connectivity index (χ3v) is 13.3. The summed E-state index contributed by atoms with van der Waals surface area (Å²) >= 11 is 4.54. The Morgan fingerprint density at radius 1 is 0.603 bits per heavy atom. The summed E-state index contributed by atoms with van der Waals surface area (Å²) in [5.74, 6) is 1.29. The van der Waals surface area contributed by atoms with Crippen LogP contribution in [-0.2, 0) is 40.3 Å². The van der Waals surface area contributed by atoms with Crippen LogP contribution in [0.2, 0.25) is 0 Å². The number of nitrogens with one attached hydrogen (secondary N) is 2. The van der Waals surface area contributed by atoms with Gasteiger partial charge in [0.15, 0.2) is 22.3 Å². The van der Waals surface area contributed by atoms with Crippen LogP contribution < -0.4 is 42.9 Å². The highest BCUT2D eigenvalue weighted by Gasteiger charge is 2.27. The summed E-state index contributed by atoms with van der Waals surface area (Å²) in [7, 11) is 3.14. The molecule has 0 radical (unpaired) electrons. The fourth-order valence-electron chi connectivity index (χ4n) is 7.87. The summed E-state index contributed by atoms with van der Waals surface area (Å²) < 4.78 is 10.5. The van der Waals surface area contributed by atoms with Crippen LogP contribution in [0.4, 0.5) is 11.9 Å². The van der Waals surface area contributed by atoms with E-state index in [1.807, 2.05) is 57.7 Å². The maximum absolute atomic E-state index is 13.5. The summed E-state index contributed by atoms with van der Waals surface area (Å²) in [5.41, 5.74) is 1.12. The summed E-state index contributed by atoms with van der Waals surface area (Å²) in [6.45, 7) is 5.52. The first-order chi connectivity index (χ1) is 30.3. The van der Waals surface area contributed by atoms with Crippen molar-refractivity contribution in [3.63, 3.8) is 0 Å². The molecular weight excluding hydrogens is 1040 g/mol. The van der Waals surface area contributed by atoms with E-state index in [2.05, 4.69) is 65.6 Å². The molecule has 4 aromatic heterocycles. The SMILES string of the molecule is Cn1c(=O)n(CC(O)CO)c(=O)c2c1nc(N1CCCNCC1)n2Cc1ccccc1I.Cn1c(=O)n(CC(O)CO)c(=O)c2c1nc(N1CCNCC1)n2Cc1ccccc1I. The van der Waals surface area contributed by atoms with E-state index in [1.165, 1.54) is 9.13 Å². The first kappa shape index (κ1) is 46.5. The summed E-state index contributed by atoms with van der Waals surface area (Å²) in [4.78, 5) is 66.3. The maximum atomic E-state index is 13.5. The molecule has 2 aromatic carbocycles. The van der Waals surface area contributed by atoms with E-state index < -0.39 is 47.9 Å². The lowest BCUT2D eigenvalue weighted by molar-refractivity contribution is 0.0791. The van der Waals surface area contributed by atoms with Crippen molar-refractivity contribution in [2.45, 2.75) is 44.8 Å². The van der Waals surface area contributed by atoms with Gasteiger partial charge in [-0.15, -0.1) is 0 Å². The number of fused-ring (bicyclic) bond motifs is 2. The van der Waals surface area contributed by atoms with Crippen LogP contribution in [0.3, 0.4) is 0 Å². The highest BCUT2D eigenvalue weighted by molar-refractivity contribution is 14.1. The molecule has 2 aliphatic heterocycles. The predicted octanol–water partition coefficient (Wildman–Crippen LogP) is -0.985. The summed E-state index contributed by atoms with van der Waals surface area (Å²) in [6, 6.07) is 15.9. The van der Waals surface area contributed by atoms with Gasteiger partial charge in [-0.1, -0.05) is 36.4 Å². The van der Waals surface area contributed by atoms with Crippen LogP contribution in [0.5, 0.6) is 0 Å². The molecule has 20 nitrogen and oxygen atoms in total. The van der Waals surface area contributed by atoms with E-state index in [9.17, 15) is 39.6 Å². The van der Waals surface area contributed by atoms with Crippen molar-refractivity contribution in [1.29, 1.82) is 0 Å². The number of nitrogens with zero attached hydrogens (tertiary/aromatic N) is 10. The minimum absolute atomic E-state index is 0.283. The van der Waals surface area contributed by atoms with Gasteiger partial charge in [0.05, 0.1) is 51.6 Å². The molecule has 8 rings (SSSR count). The van der Waals surface area contributed by atoms with Crippen LogP contribution in [0.1, 0.15) is 17.5 Å². The Morgan fingerprint density at radius 3 is 1.41 bits per heavy atom. The molecule has 0 saturated carbocycles. The van der Waals surface area contributed by atoms with Crippen molar-refractivity contribution in [2.24, 2.45) is 14.1 Å². The molecule has 0 bridgehead atoms. The monoisotopic (exact) mass is 1090 g/mol. The Balaban J connectivity index is 0.000000189. The number of aryl methyl sites for hydroxylation is 2. The number of aliphatic hydroxyl groups excluding tert-OH is 4. The fourth-order valence-corrected chi connectivity index (χ4v) is 8.98. The van der Waals surface area contributed by atoms with E-state index in [4.69, 9.17) is 9.97 Å². The van der Waals surface area contributed by atoms with Gasteiger partial charge in [0, 0.05) is 67.0 Å². The quantitative estimate of drug-likeness (QED) is 0.0809. The number of rotatable bonds is 12. The molecule has 6 N–H and O–H groups in total. The van der Waals surface area contributed by atoms with E-state index in [1.54, 1.807) is 14.1 Å². The molecule has 0 aliphatic carbocycles. The zero-order valence-corrected chi connectivity index (χ0v) is 39.3. The lowest BCUT2D eigenvalue weighted by Crippen LogP contribution is -2.45. The van der Waals surface area contributed by atoms with Crippen LogP contribution in [-0.4, -0.2) is 136 Å². The molecule has 2 fully saturated rings. The second-order valence-corrected chi connectivity index (χ2v) is 17.9. The molecule has 63 heavy (non-hydrogen) atoms. The van der Waals surface area contributed by atoms with E-state index in [0.29, 0.717) is 47.3 Å². The maximum Gasteiger partial charge on any atom is 0.332 e. The van der Waals surface area contributed by atoms with E-state index in [0.717, 1.165) is 86.2 Å². The second kappa shape index (κ2) is 20.6. The van der Waals surface area contributed by atoms with Crippen molar-refractivity contribution in [3.05, 3.63) is 108 Å². The molecular formula is C41H52I2N12O8. The second-order valence-electron chi connectivity index (χ2n) is 15.5. The summed E-state index contributed by atoms with van der Waals surface area (Å²) in [6.07, 6.45) is -1.47. The van der Waals surface area contributed by atoms with Gasteiger partial charge in [0.2, 0.25) is 11.9 Å². The van der Waals surface area contributed by atoms with E-state index in [-0.39, 0.29) is 13.1 Å². The number of halogens is 2. The Hall–Kier alpha value is -4.44. The number of aliphatic hydroxyl groups is 4. The average molecular weight is 1090 g/mol. The zero-order chi connectivity index (χ0) is 44.9. The highest BCUT2D eigenvalue weighted by Crippen LogP contribution is 2.25. The molecule has 22 heteroatoms. The van der Waals surface area contributed by atoms with Gasteiger partial charge in [0.25, 0.3) is 11.1 Å². The Kier molecular flexibility index (Phi) is 15.2. The lowest BCUT2D eigenvalue weighted by Gasteiger charge is -2.28. The Morgan fingerprint density at radius 2 is 1.00 bits per heavy atom. The van der Waals surface area contributed by atoms with Crippen molar-refractivity contribution in [2.75, 3.05) is 75.4 Å². The van der Waals surface area contributed by atoms with Gasteiger partial charge in [-0.2, -0.15) is 9.97 Å². The molecule has 2 unspecified atom stereocenters. The Labute approximate surface area is 388 Å². The molecule has 2 atom stereocenters. The van der Waals surface area contributed by atoms with Gasteiger partial charge in [-0.3, -0.25) is 37.0 Å². The summed E-state index contributed by atoms with van der Waals surface area (Å²) in [5, 5.41) is 44.9. The molecule has 0 amide bonds. The van der Waals surface area contributed by atoms with Crippen molar-refractivity contribution in [3.8, 4) is 0 Å². The Bertz CT molecular complexity index is 2820. The number of imidazole rings is 2. The van der Waals surface area contributed by atoms with Crippen molar-refractivity contribution in [1.82, 2.24) is 48.0 Å². The number of benzene rings is 2. The lowest BCUT2D eigenvalue weighted by atomic mass is 10.2. The van der Waals surface area contributed by atoms with Gasteiger partial charge in [-0.25, -0.2) is 9.59 Å². The smallest absolute Gasteiger partial charge is 0.332 e. The van der Waals surface area contributed by atoms with Gasteiger partial charge in [0.1, 0.15) is 0 Å². The average Bonchev–Trinajstić information content (AvgIpc) is 3.74. The van der Waals surface area contributed by atoms with Gasteiger partial charge in [-0.05, 0) is 81.4 Å². The van der Waals surface area contributed by atoms with Crippen LogP contribution >= 0.6 is 45.2 Å². The number of piperazine rings is 1. The minimum atomic E-state index is -1.21. The number of aromatic nitrogens is 8. The first-order valence-electron chi connectivity index (χ1n) is 20.7. The molecule has 2 saturated heterocycles. The van der Waals surface area contributed by atoms with E-state index >= 15 is 0 Å². The third kappa shape index (κ3) is 9.81. The largest absolute Gasteiger partial charge is 0.394 e. The third-order valence-electron chi connectivity index (χ3n) is 11.2. The molecule has 6 aromatic rings. The van der Waals surface area contributed by atoms with Gasteiger partial charge >= 0.3 is 11.4 Å². The van der Waals surface area contributed by atoms with Crippen molar-refractivity contribution >= 4 is 79.4 Å². The first-order valence-corrected chi connectivity index (χ1v) is 22.9. The number of hydrogen-bond donors (Lipinski definition) is 6. The standard InChI is InChI=1S/C21H27IN6O4.C20H25IN6O4/c1-25-18-17(19(31)28(21(25)32)12-15(30)13-29)27(11-14-5-2-3-6-16(14)22)20(24-18)26-9-4-7-23-8-10-26;1-24-17-16(18(30)27(20(24)31)11-14(29)12-28)26(10-13-4-2-3-5-15(13)21)19(23-17)25-8-6-22-7-9-25/h2-3,5-6,15,23,29-30H,4,7-13H2,1H3;2-5,14,22,28-29H,6-12H2,1H3. The highest BCUT2D eigenvalue weighted by atomic mass is 127. The molecule has 2 aliphatic rings. The zero-order valence-electron chi connectivity index (χ0n) is 35.0. The normalized spacial score (nSPS) is 15.7. The number of anilines is 2. The van der Waals surface area contributed by atoms with Crippen LogP contribution in [0.25, 0.3) is 22.3 Å². The van der Waals surface area contributed by atoms with Gasteiger partial charge < -0.3 is 40.9 Å². The minimum Gasteiger partial charge on any atom is -0.394 e. The molecule has 0 spiro atoms. The predicted molar refractivity (Wildman–Crippen MR) is 256 cm³/mol.